The van der Waals surface area contributed by atoms with Gasteiger partial charge in [0.15, 0.2) is 0 Å². The highest BCUT2D eigenvalue weighted by molar-refractivity contribution is 5.77. The lowest BCUT2D eigenvalue weighted by atomic mass is 10.3. The van der Waals surface area contributed by atoms with Gasteiger partial charge in [-0.15, -0.1) is 0 Å². The van der Waals surface area contributed by atoms with Crippen molar-refractivity contribution in [1.29, 1.82) is 0 Å². The molecule has 0 aliphatic carbocycles. The fraction of sp³-hybridized carbons (Fsp3) is 0.833. The van der Waals surface area contributed by atoms with E-state index in [4.69, 9.17) is 10.8 Å². The van der Waals surface area contributed by atoms with Gasteiger partial charge in [-0.25, -0.2) is 0 Å². The number of hydrogen-bond acceptors (Lipinski definition) is 3. The largest absolute Gasteiger partial charge is 0.387 e. The van der Waals surface area contributed by atoms with Gasteiger partial charge >= 0.3 is 0 Å². The number of hydrogen-bond donors (Lipinski definition) is 2. The van der Waals surface area contributed by atoms with Gasteiger partial charge in [0.05, 0.1) is 6.17 Å². The molecule has 0 aromatic rings. The van der Waals surface area contributed by atoms with Crippen LogP contribution < -0.4 is 5.73 Å². The topological polar surface area (TPSA) is 66.6 Å². The van der Waals surface area contributed by atoms with E-state index in [1.54, 1.807) is 0 Å². The maximum Gasteiger partial charge on any atom is 0.249 e. The van der Waals surface area contributed by atoms with E-state index in [1.165, 1.54) is 4.90 Å². The lowest BCUT2D eigenvalue weighted by Crippen LogP contribution is -2.42. The number of aliphatic hydroxyl groups is 1. The van der Waals surface area contributed by atoms with Crippen LogP contribution in [0.15, 0.2) is 0 Å². The second-order valence-corrected chi connectivity index (χ2v) is 2.45. The van der Waals surface area contributed by atoms with Crippen molar-refractivity contribution in [2.24, 2.45) is 5.73 Å². The van der Waals surface area contributed by atoms with Gasteiger partial charge in [0, 0.05) is 6.54 Å². The van der Waals surface area contributed by atoms with Crippen molar-refractivity contribution in [2.45, 2.75) is 19.0 Å². The third kappa shape index (κ3) is 1.27. The fourth-order valence-electron chi connectivity index (χ4n) is 1.19. The fourth-order valence-corrected chi connectivity index (χ4v) is 1.19. The van der Waals surface area contributed by atoms with Gasteiger partial charge in [-0.3, -0.25) is 4.79 Å². The first-order valence-corrected chi connectivity index (χ1v) is 3.41. The summed E-state index contributed by atoms with van der Waals surface area (Å²) in [6, 6.07) is 0. The van der Waals surface area contributed by atoms with Crippen molar-refractivity contribution < 1.29 is 9.90 Å². The van der Waals surface area contributed by atoms with Crippen molar-refractivity contribution in [1.82, 2.24) is 4.90 Å². The normalized spacial score (nSPS) is 25.4. The summed E-state index contributed by atoms with van der Waals surface area (Å²) in [4.78, 5) is 12.3. The predicted octanol–water partition coefficient (Wildman–Crippen LogP) is -1.11. The molecular weight excluding hydrogens is 132 g/mol. The minimum atomic E-state index is -0.423. The Morgan fingerprint density at radius 3 is 2.90 bits per heavy atom. The molecule has 1 heterocycles. The number of likely N-dealkylation sites (tertiary alicyclic amines) is 1. The third-order valence-corrected chi connectivity index (χ3v) is 1.75. The highest BCUT2D eigenvalue weighted by atomic mass is 16.3. The van der Waals surface area contributed by atoms with Crippen LogP contribution in [0.25, 0.3) is 0 Å². The average molecular weight is 144 g/mol. The van der Waals surface area contributed by atoms with Crippen LogP contribution in [0.5, 0.6) is 0 Å². The summed E-state index contributed by atoms with van der Waals surface area (Å²) in [5.74, 6) is -0.259. The molecule has 1 aliphatic rings. The number of nitrogens with two attached hydrogens (primary N) is 1. The zero-order valence-corrected chi connectivity index (χ0v) is 5.79. The van der Waals surface area contributed by atoms with E-state index < -0.39 is 6.61 Å². The smallest absolute Gasteiger partial charge is 0.249 e. The summed E-state index contributed by atoms with van der Waals surface area (Å²) in [7, 11) is 0. The molecule has 0 bridgehead atoms. The molecule has 1 atom stereocenters. The molecule has 58 valence electrons. The zero-order chi connectivity index (χ0) is 7.56. The van der Waals surface area contributed by atoms with Crippen LogP contribution >= 0.6 is 0 Å². The van der Waals surface area contributed by atoms with Gasteiger partial charge in [0.2, 0.25) is 5.91 Å². The Morgan fingerprint density at radius 2 is 2.50 bits per heavy atom. The minimum Gasteiger partial charge on any atom is -0.387 e. The number of aliphatic hydroxyl groups excluding tert-OH is 1. The Balaban J connectivity index is 2.46. The predicted molar refractivity (Wildman–Crippen MR) is 36.0 cm³/mol. The van der Waals surface area contributed by atoms with Crippen LogP contribution in [0.1, 0.15) is 12.8 Å². The molecule has 0 spiro atoms. The van der Waals surface area contributed by atoms with Crippen molar-refractivity contribution in [2.75, 3.05) is 13.2 Å². The van der Waals surface area contributed by atoms with Gasteiger partial charge in [-0.05, 0) is 12.8 Å². The summed E-state index contributed by atoms with van der Waals surface area (Å²) in [6.07, 6.45) is 1.64. The Bertz CT molecular complexity index is 138. The Morgan fingerprint density at radius 1 is 1.80 bits per heavy atom. The standard InChI is InChI=1S/C6H12N2O2/c7-5-2-1-3-8(5)6(10)4-9/h5,9H,1-4,7H2. The molecular formula is C6H12N2O2. The Hall–Kier alpha value is -0.610. The third-order valence-electron chi connectivity index (χ3n) is 1.75. The summed E-state index contributed by atoms with van der Waals surface area (Å²) in [6.45, 7) is 0.272. The zero-order valence-electron chi connectivity index (χ0n) is 5.79. The second kappa shape index (κ2) is 2.98. The lowest BCUT2D eigenvalue weighted by molar-refractivity contribution is -0.134. The lowest BCUT2D eigenvalue weighted by Gasteiger charge is -2.19. The quantitative estimate of drug-likeness (QED) is 0.490. The van der Waals surface area contributed by atoms with Crippen LogP contribution in [0.4, 0.5) is 0 Å². The van der Waals surface area contributed by atoms with Crippen molar-refractivity contribution in [3.05, 3.63) is 0 Å². The van der Waals surface area contributed by atoms with E-state index in [0.717, 1.165) is 12.8 Å². The van der Waals surface area contributed by atoms with Crippen LogP contribution in [0.3, 0.4) is 0 Å². The van der Waals surface area contributed by atoms with E-state index in [1.807, 2.05) is 0 Å². The molecule has 0 aromatic carbocycles. The first kappa shape index (κ1) is 7.50. The second-order valence-electron chi connectivity index (χ2n) is 2.45. The molecule has 3 N–H and O–H groups in total. The molecule has 4 nitrogen and oxygen atoms in total. The first-order chi connectivity index (χ1) is 4.75. The molecule has 1 fully saturated rings. The van der Waals surface area contributed by atoms with Gasteiger partial charge < -0.3 is 15.7 Å². The van der Waals surface area contributed by atoms with E-state index in [9.17, 15) is 4.79 Å². The van der Waals surface area contributed by atoms with Gasteiger partial charge in [-0.1, -0.05) is 0 Å². The summed E-state index contributed by atoms with van der Waals surface area (Å²) in [5.41, 5.74) is 5.55. The van der Waals surface area contributed by atoms with E-state index in [0.29, 0.717) is 6.54 Å². The number of carbonyl (C=O) groups is 1. The minimum absolute atomic E-state index is 0.167. The maximum absolute atomic E-state index is 10.8. The van der Waals surface area contributed by atoms with Gasteiger partial charge in [0.1, 0.15) is 6.61 Å². The molecule has 4 heteroatoms. The summed E-state index contributed by atoms with van der Waals surface area (Å²) >= 11 is 0. The number of carbonyl (C=O) groups excluding carboxylic acids is 1. The molecule has 1 unspecified atom stereocenters. The Kier molecular flexibility index (Phi) is 2.24. The van der Waals surface area contributed by atoms with Crippen LogP contribution in [0.2, 0.25) is 0 Å². The van der Waals surface area contributed by atoms with E-state index >= 15 is 0 Å². The SMILES string of the molecule is NC1CCCN1C(=O)CO. The number of rotatable bonds is 1. The summed E-state index contributed by atoms with van der Waals surface area (Å²) in [5, 5.41) is 8.47. The molecule has 10 heavy (non-hydrogen) atoms. The molecule has 1 aliphatic heterocycles. The van der Waals surface area contributed by atoms with E-state index in [2.05, 4.69) is 0 Å². The maximum atomic E-state index is 10.8. The van der Waals surface area contributed by atoms with E-state index in [-0.39, 0.29) is 12.1 Å². The number of nitrogens with zero attached hydrogens (tertiary/aromatic N) is 1. The van der Waals surface area contributed by atoms with Gasteiger partial charge in [0.25, 0.3) is 0 Å². The molecule has 0 radical (unpaired) electrons. The van der Waals surface area contributed by atoms with Gasteiger partial charge in [-0.2, -0.15) is 0 Å². The molecule has 1 saturated heterocycles. The number of amides is 1. The summed E-state index contributed by atoms with van der Waals surface area (Å²) < 4.78 is 0. The van der Waals surface area contributed by atoms with Crippen LogP contribution in [0, 0.1) is 0 Å². The highest BCUT2D eigenvalue weighted by Crippen LogP contribution is 2.11. The van der Waals surface area contributed by atoms with Crippen molar-refractivity contribution in [3.8, 4) is 0 Å². The average Bonchev–Trinajstić information content (AvgIpc) is 2.34. The monoisotopic (exact) mass is 144 g/mol. The highest BCUT2D eigenvalue weighted by Gasteiger charge is 2.24. The van der Waals surface area contributed by atoms with Crippen molar-refractivity contribution >= 4 is 5.91 Å². The molecule has 0 saturated carbocycles. The molecule has 0 aromatic heterocycles. The molecule has 1 amide bonds. The van der Waals surface area contributed by atoms with Crippen LogP contribution in [-0.4, -0.2) is 35.2 Å². The Labute approximate surface area is 59.6 Å². The van der Waals surface area contributed by atoms with Crippen LogP contribution in [-0.2, 0) is 4.79 Å². The van der Waals surface area contributed by atoms with Crippen molar-refractivity contribution in [3.63, 3.8) is 0 Å². The first-order valence-electron chi connectivity index (χ1n) is 3.41. The molecule has 1 rings (SSSR count).